The summed E-state index contributed by atoms with van der Waals surface area (Å²) < 4.78 is 0. The van der Waals surface area contributed by atoms with Crippen LogP contribution in [0.3, 0.4) is 0 Å². The zero-order valence-electron chi connectivity index (χ0n) is 7.55. The van der Waals surface area contributed by atoms with Gasteiger partial charge in [0.25, 0.3) is 0 Å². The molecule has 1 saturated carbocycles. The molecule has 0 spiro atoms. The summed E-state index contributed by atoms with van der Waals surface area (Å²) in [5, 5.41) is 0. The molecular weight excluding hydrogens is 134 g/mol. The van der Waals surface area contributed by atoms with Gasteiger partial charge in [-0.2, -0.15) is 0 Å². The Hall–Kier alpha value is -0.0400. The minimum Gasteiger partial charge on any atom is -0.300 e. The quantitative estimate of drug-likeness (QED) is 0.588. The van der Waals surface area contributed by atoms with Crippen molar-refractivity contribution < 1.29 is 0 Å². The summed E-state index contributed by atoms with van der Waals surface area (Å²) in [6.07, 6.45) is 7.30. The van der Waals surface area contributed by atoms with Crippen LogP contribution >= 0.6 is 0 Å². The maximum absolute atomic E-state index is 2.70. The van der Waals surface area contributed by atoms with E-state index in [0.29, 0.717) is 0 Å². The SMILES string of the molecule is CCC1CCN(C2CC2)CC1. The molecule has 2 aliphatic rings. The number of hydrogen-bond donors (Lipinski definition) is 0. The van der Waals surface area contributed by atoms with Crippen LogP contribution in [0.1, 0.15) is 39.0 Å². The average molecular weight is 153 g/mol. The lowest BCUT2D eigenvalue weighted by Gasteiger charge is -2.31. The van der Waals surface area contributed by atoms with Gasteiger partial charge in [-0.05, 0) is 44.7 Å². The van der Waals surface area contributed by atoms with Gasteiger partial charge in [0.2, 0.25) is 0 Å². The summed E-state index contributed by atoms with van der Waals surface area (Å²) in [6, 6.07) is 1.01. The van der Waals surface area contributed by atoms with Crippen LogP contribution < -0.4 is 0 Å². The number of piperidine rings is 1. The maximum Gasteiger partial charge on any atom is 0.00964 e. The summed E-state index contributed by atoms with van der Waals surface area (Å²) in [4.78, 5) is 2.70. The molecule has 1 saturated heterocycles. The van der Waals surface area contributed by atoms with Crippen molar-refractivity contribution in [2.24, 2.45) is 5.92 Å². The van der Waals surface area contributed by atoms with Gasteiger partial charge in [-0.1, -0.05) is 13.3 Å². The van der Waals surface area contributed by atoms with Crippen LogP contribution in [0.5, 0.6) is 0 Å². The minimum absolute atomic E-state index is 1.01. The predicted molar refractivity (Wildman–Crippen MR) is 47.6 cm³/mol. The number of hydrogen-bond acceptors (Lipinski definition) is 1. The third kappa shape index (κ3) is 1.76. The molecule has 0 atom stereocenters. The molecule has 1 nitrogen and oxygen atoms in total. The highest BCUT2D eigenvalue weighted by Gasteiger charge is 2.31. The zero-order chi connectivity index (χ0) is 7.68. The molecule has 0 aromatic carbocycles. The molecule has 0 amide bonds. The first-order chi connectivity index (χ1) is 5.40. The van der Waals surface area contributed by atoms with E-state index in [4.69, 9.17) is 0 Å². The van der Waals surface area contributed by atoms with Gasteiger partial charge in [0.15, 0.2) is 0 Å². The first-order valence-electron chi connectivity index (χ1n) is 5.14. The van der Waals surface area contributed by atoms with Gasteiger partial charge in [0, 0.05) is 6.04 Å². The van der Waals surface area contributed by atoms with E-state index in [1.165, 1.54) is 45.2 Å². The van der Waals surface area contributed by atoms with Gasteiger partial charge in [0.1, 0.15) is 0 Å². The van der Waals surface area contributed by atoms with Gasteiger partial charge < -0.3 is 4.90 Å². The van der Waals surface area contributed by atoms with E-state index < -0.39 is 0 Å². The third-order valence-electron chi connectivity index (χ3n) is 3.29. The molecule has 0 bridgehead atoms. The van der Waals surface area contributed by atoms with Crippen molar-refractivity contribution in [1.82, 2.24) is 4.90 Å². The molecule has 0 aromatic heterocycles. The summed E-state index contributed by atoms with van der Waals surface area (Å²) >= 11 is 0. The van der Waals surface area contributed by atoms with Crippen molar-refractivity contribution in [3.05, 3.63) is 0 Å². The second kappa shape index (κ2) is 3.14. The molecular formula is C10H19N. The molecule has 0 unspecified atom stereocenters. The van der Waals surface area contributed by atoms with E-state index in [1.54, 1.807) is 0 Å². The molecule has 0 aromatic rings. The smallest absolute Gasteiger partial charge is 0.00964 e. The van der Waals surface area contributed by atoms with E-state index in [2.05, 4.69) is 11.8 Å². The van der Waals surface area contributed by atoms with Crippen LogP contribution in [0.25, 0.3) is 0 Å². The standard InChI is InChI=1S/C10H19N/c1-2-9-5-7-11(8-6-9)10-3-4-10/h9-10H,2-8H2,1H3. The molecule has 1 aliphatic carbocycles. The van der Waals surface area contributed by atoms with Crippen LogP contribution in [0.4, 0.5) is 0 Å². The molecule has 1 heterocycles. The lowest BCUT2D eigenvalue weighted by Crippen LogP contribution is -2.35. The summed E-state index contributed by atoms with van der Waals surface area (Å²) in [5.74, 6) is 1.05. The fraction of sp³-hybridized carbons (Fsp3) is 1.00. The molecule has 11 heavy (non-hydrogen) atoms. The van der Waals surface area contributed by atoms with Crippen molar-refractivity contribution in [2.75, 3.05) is 13.1 Å². The van der Waals surface area contributed by atoms with Crippen LogP contribution in [0, 0.1) is 5.92 Å². The fourth-order valence-corrected chi connectivity index (χ4v) is 2.17. The first kappa shape index (κ1) is 7.60. The zero-order valence-corrected chi connectivity index (χ0v) is 7.55. The number of nitrogens with zero attached hydrogens (tertiary/aromatic N) is 1. The Morgan fingerprint density at radius 2 is 1.73 bits per heavy atom. The van der Waals surface area contributed by atoms with Crippen molar-refractivity contribution in [1.29, 1.82) is 0 Å². The van der Waals surface area contributed by atoms with Crippen molar-refractivity contribution in [3.8, 4) is 0 Å². The minimum atomic E-state index is 1.01. The van der Waals surface area contributed by atoms with Gasteiger partial charge in [-0.15, -0.1) is 0 Å². The molecule has 0 radical (unpaired) electrons. The Labute approximate surface area is 69.8 Å². The van der Waals surface area contributed by atoms with E-state index in [9.17, 15) is 0 Å². The van der Waals surface area contributed by atoms with E-state index >= 15 is 0 Å². The monoisotopic (exact) mass is 153 g/mol. The van der Waals surface area contributed by atoms with Gasteiger partial charge in [-0.3, -0.25) is 0 Å². The van der Waals surface area contributed by atoms with Crippen molar-refractivity contribution in [2.45, 2.75) is 45.1 Å². The normalized spacial score (nSPS) is 29.2. The molecule has 0 N–H and O–H groups in total. The maximum atomic E-state index is 2.70. The Balaban J connectivity index is 1.75. The van der Waals surface area contributed by atoms with Gasteiger partial charge >= 0.3 is 0 Å². The Morgan fingerprint density at radius 3 is 2.18 bits per heavy atom. The lowest BCUT2D eigenvalue weighted by atomic mass is 9.94. The highest BCUT2D eigenvalue weighted by atomic mass is 15.2. The summed E-state index contributed by atoms with van der Waals surface area (Å²) in [6.45, 7) is 5.11. The molecule has 64 valence electrons. The topological polar surface area (TPSA) is 3.24 Å². The largest absolute Gasteiger partial charge is 0.300 e. The van der Waals surface area contributed by atoms with Gasteiger partial charge in [-0.25, -0.2) is 0 Å². The van der Waals surface area contributed by atoms with Crippen LogP contribution in [0.2, 0.25) is 0 Å². The fourth-order valence-electron chi connectivity index (χ4n) is 2.17. The van der Waals surface area contributed by atoms with E-state index in [1.807, 2.05) is 0 Å². The second-order valence-corrected chi connectivity index (χ2v) is 4.12. The lowest BCUT2D eigenvalue weighted by molar-refractivity contribution is 0.174. The molecule has 2 rings (SSSR count). The Morgan fingerprint density at radius 1 is 1.09 bits per heavy atom. The second-order valence-electron chi connectivity index (χ2n) is 4.12. The van der Waals surface area contributed by atoms with Crippen molar-refractivity contribution >= 4 is 0 Å². The average Bonchev–Trinajstić information content (AvgIpc) is 2.87. The summed E-state index contributed by atoms with van der Waals surface area (Å²) in [7, 11) is 0. The third-order valence-corrected chi connectivity index (χ3v) is 3.29. The Bertz CT molecular complexity index is 121. The van der Waals surface area contributed by atoms with Crippen LogP contribution in [-0.4, -0.2) is 24.0 Å². The van der Waals surface area contributed by atoms with E-state index in [0.717, 1.165) is 12.0 Å². The van der Waals surface area contributed by atoms with E-state index in [-0.39, 0.29) is 0 Å². The summed E-state index contributed by atoms with van der Waals surface area (Å²) in [5.41, 5.74) is 0. The Kier molecular flexibility index (Phi) is 2.17. The number of likely N-dealkylation sites (tertiary alicyclic amines) is 1. The van der Waals surface area contributed by atoms with Crippen LogP contribution in [-0.2, 0) is 0 Å². The van der Waals surface area contributed by atoms with Crippen molar-refractivity contribution in [3.63, 3.8) is 0 Å². The highest BCUT2D eigenvalue weighted by Crippen LogP contribution is 2.31. The highest BCUT2D eigenvalue weighted by molar-refractivity contribution is 4.86. The predicted octanol–water partition coefficient (Wildman–Crippen LogP) is 2.27. The van der Waals surface area contributed by atoms with Gasteiger partial charge in [0.05, 0.1) is 0 Å². The number of rotatable bonds is 2. The molecule has 1 heteroatoms. The first-order valence-corrected chi connectivity index (χ1v) is 5.14. The molecule has 2 fully saturated rings. The van der Waals surface area contributed by atoms with Crippen LogP contribution in [0.15, 0.2) is 0 Å². The molecule has 1 aliphatic heterocycles.